The third kappa shape index (κ3) is 3.48. The van der Waals surface area contributed by atoms with Gasteiger partial charge in [0.15, 0.2) is 0 Å². The first-order valence-corrected chi connectivity index (χ1v) is 7.64. The second kappa shape index (κ2) is 5.93. The lowest BCUT2D eigenvalue weighted by Crippen LogP contribution is -2.45. The summed E-state index contributed by atoms with van der Waals surface area (Å²) in [6.45, 7) is 5.13. The van der Waals surface area contributed by atoms with E-state index in [2.05, 4.69) is 24.1 Å². The van der Waals surface area contributed by atoms with Crippen LogP contribution in [-0.2, 0) is 9.59 Å². The highest BCUT2D eigenvalue weighted by molar-refractivity contribution is 5.80. The first kappa shape index (κ1) is 14.4. The molecule has 0 aromatic rings. The molecule has 2 saturated heterocycles. The molecule has 2 rings (SSSR count). The molecule has 4 nitrogen and oxygen atoms in total. The molecule has 0 saturated carbocycles. The van der Waals surface area contributed by atoms with Crippen LogP contribution in [0.5, 0.6) is 0 Å². The smallest absolute Gasteiger partial charge is 0.222 e. The molecule has 0 aromatic heterocycles. The van der Waals surface area contributed by atoms with E-state index >= 15 is 0 Å². The van der Waals surface area contributed by atoms with Gasteiger partial charge in [0.1, 0.15) is 0 Å². The van der Waals surface area contributed by atoms with Crippen molar-refractivity contribution < 1.29 is 9.59 Å². The molecule has 2 aliphatic heterocycles. The van der Waals surface area contributed by atoms with Crippen molar-refractivity contribution in [1.29, 1.82) is 0 Å². The molecule has 19 heavy (non-hydrogen) atoms. The summed E-state index contributed by atoms with van der Waals surface area (Å²) in [6, 6.07) is 0.437. The number of piperidine rings is 1. The fraction of sp³-hybridized carbons (Fsp3) is 0.867. The molecular weight excluding hydrogens is 240 g/mol. The Morgan fingerprint density at radius 3 is 2.89 bits per heavy atom. The van der Waals surface area contributed by atoms with Crippen molar-refractivity contribution in [3.63, 3.8) is 0 Å². The van der Waals surface area contributed by atoms with E-state index in [1.54, 1.807) is 0 Å². The third-order valence-corrected chi connectivity index (χ3v) is 4.65. The highest BCUT2D eigenvalue weighted by atomic mass is 16.2. The minimum absolute atomic E-state index is 0.124. The molecule has 2 atom stereocenters. The van der Waals surface area contributed by atoms with Crippen molar-refractivity contribution in [3.05, 3.63) is 0 Å². The van der Waals surface area contributed by atoms with E-state index in [4.69, 9.17) is 0 Å². The topological polar surface area (TPSA) is 49.4 Å². The Morgan fingerprint density at radius 1 is 1.47 bits per heavy atom. The van der Waals surface area contributed by atoms with Crippen molar-refractivity contribution in [2.45, 2.75) is 76.8 Å². The summed E-state index contributed by atoms with van der Waals surface area (Å²) in [6.07, 6.45) is 7.38. The normalized spacial score (nSPS) is 31.4. The Bertz CT molecular complexity index is 356. The van der Waals surface area contributed by atoms with Gasteiger partial charge in [-0.25, -0.2) is 0 Å². The number of carbonyl (C=O) groups excluding carboxylic acids is 2. The zero-order chi connectivity index (χ0) is 13.9. The fourth-order valence-electron chi connectivity index (χ4n) is 3.32. The molecule has 0 radical (unpaired) electrons. The molecule has 0 bridgehead atoms. The lowest BCUT2D eigenvalue weighted by atomic mass is 9.93. The molecule has 0 spiro atoms. The molecular formula is C15H26N2O2. The predicted octanol–water partition coefficient (Wildman–Crippen LogP) is 2.23. The Morgan fingerprint density at radius 2 is 2.26 bits per heavy atom. The summed E-state index contributed by atoms with van der Waals surface area (Å²) >= 11 is 0. The van der Waals surface area contributed by atoms with E-state index in [1.807, 2.05) is 0 Å². The Hall–Kier alpha value is -1.06. The molecule has 0 aromatic carbocycles. The number of amides is 2. The van der Waals surface area contributed by atoms with Crippen molar-refractivity contribution in [1.82, 2.24) is 10.2 Å². The van der Waals surface area contributed by atoms with Gasteiger partial charge in [-0.3, -0.25) is 9.59 Å². The Balaban J connectivity index is 1.85. The highest BCUT2D eigenvalue weighted by Gasteiger charge is 2.34. The maximum Gasteiger partial charge on any atom is 0.222 e. The molecule has 1 N–H and O–H groups in total. The lowest BCUT2D eigenvalue weighted by molar-refractivity contribution is -0.135. The van der Waals surface area contributed by atoms with Gasteiger partial charge in [-0.2, -0.15) is 0 Å². The van der Waals surface area contributed by atoms with Crippen LogP contribution in [0.3, 0.4) is 0 Å². The molecule has 2 aliphatic rings. The molecule has 108 valence electrons. The van der Waals surface area contributed by atoms with E-state index in [1.165, 1.54) is 6.42 Å². The van der Waals surface area contributed by atoms with Gasteiger partial charge in [-0.1, -0.05) is 6.92 Å². The van der Waals surface area contributed by atoms with Gasteiger partial charge in [-0.05, 0) is 45.4 Å². The summed E-state index contributed by atoms with van der Waals surface area (Å²) < 4.78 is 0. The zero-order valence-electron chi connectivity index (χ0n) is 12.2. The maximum absolute atomic E-state index is 12.4. The van der Waals surface area contributed by atoms with Gasteiger partial charge in [0.2, 0.25) is 11.8 Å². The van der Waals surface area contributed by atoms with Crippen LogP contribution in [0.1, 0.15) is 65.2 Å². The van der Waals surface area contributed by atoms with Crippen LogP contribution < -0.4 is 5.32 Å². The van der Waals surface area contributed by atoms with Gasteiger partial charge >= 0.3 is 0 Å². The fourth-order valence-corrected chi connectivity index (χ4v) is 3.32. The number of rotatable bonds is 4. The molecule has 2 heterocycles. The van der Waals surface area contributed by atoms with Gasteiger partial charge in [-0.15, -0.1) is 0 Å². The zero-order valence-corrected chi connectivity index (χ0v) is 12.2. The van der Waals surface area contributed by atoms with Crippen LogP contribution >= 0.6 is 0 Å². The molecule has 0 aliphatic carbocycles. The summed E-state index contributed by atoms with van der Waals surface area (Å²) in [5.74, 6) is 0.397. The van der Waals surface area contributed by atoms with E-state index in [9.17, 15) is 9.59 Å². The number of nitrogens with one attached hydrogen (secondary N) is 1. The van der Waals surface area contributed by atoms with E-state index in [0.29, 0.717) is 18.9 Å². The van der Waals surface area contributed by atoms with Gasteiger partial charge in [0, 0.05) is 31.0 Å². The molecule has 2 amide bonds. The summed E-state index contributed by atoms with van der Waals surface area (Å²) in [4.78, 5) is 25.7. The summed E-state index contributed by atoms with van der Waals surface area (Å²) in [5.41, 5.74) is -0.162. The SMILES string of the molecule is CC[C@@H]1CCCCN1C(=O)CC[C@]1(C)CCC(=O)N1. The van der Waals surface area contributed by atoms with Crippen molar-refractivity contribution >= 4 is 11.8 Å². The molecule has 4 heteroatoms. The summed E-state index contributed by atoms with van der Waals surface area (Å²) in [7, 11) is 0. The lowest BCUT2D eigenvalue weighted by Gasteiger charge is -2.36. The van der Waals surface area contributed by atoms with Crippen LogP contribution in [0.4, 0.5) is 0 Å². The van der Waals surface area contributed by atoms with Crippen LogP contribution in [0.2, 0.25) is 0 Å². The largest absolute Gasteiger partial charge is 0.351 e. The maximum atomic E-state index is 12.4. The minimum atomic E-state index is -0.162. The van der Waals surface area contributed by atoms with Gasteiger partial charge in [0.05, 0.1) is 0 Å². The molecule has 2 fully saturated rings. The van der Waals surface area contributed by atoms with E-state index < -0.39 is 0 Å². The van der Waals surface area contributed by atoms with Crippen molar-refractivity contribution in [2.75, 3.05) is 6.54 Å². The second-order valence-electron chi connectivity index (χ2n) is 6.25. The quantitative estimate of drug-likeness (QED) is 0.848. The summed E-state index contributed by atoms with van der Waals surface area (Å²) in [5, 5.41) is 3.00. The van der Waals surface area contributed by atoms with Crippen LogP contribution in [0.15, 0.2) is 0 Å². The second-order valence-corrected chi connectivity index (χ2v) is 6.25. The van der Waals surface area contributed by atoms with Crippen LogP contribution in [0.25, 0.3) is 0 Å². The predicted molar refractivity (Wildman–Crippen MR) is 74.7 cm³/mol. The van der Waals surface area contributed by atoms with Crippen molar-refractivity contribution in [2.24, 2.45) is 0 Å². The van der Waals surface area contributed by atoms with E-state index in [-0.39, 0.29) is 17.4 Å². The van der Waals surface area contributed by atoms with Crippen LogP contribution in [0, 0.1) is 0 Å². The van der Waals surface area contributed by atoms with E-state index in [0.717, 1.165) is 38.6 Å². The third-order valence-electron chi connectivity index (χ3n) is 4.65. The number of nitrogens with zero attached hydrogens (tertiary/aromatic N) is 1. The van der Waals surface area contributed by atoms with Gasteiger partial charge in [0.25, 0.3) is 0 Å². The molecule has 0 unspecified atom stereocenters. The highest BCUT2D eigenvalue weighted by Crippen LogP contribution is 2.26. The van der Waals surface area contributed by atoms with Crippen molar-refractivity contribution in [3.8, 4) is 0 Å². The number of likely N-dealkylation sites (tertiary alicyclic amines) is 1. The Kier molecular flexibility index (Phi) is 4.48. The van der Waals surface area contributed by atoms with Crippen LogP contribution in [-0.4, -0.2) is 34.8 Å². The number of hydrogen-bond donors (Lipinski definition) is 1. The average Bonchev–Trinajstić information content (AvgIpc) is 2.76. The average molecular weight is 266 g/mol. The number of hydrogen-bond acceptors (Lipinski definition) is 2. The van der Waals surface area contributed by atoms with Gasteiger partial charge < -0.3 is 10.2 Å². The first-order chi connectivity index (χ1) is 9.04. The monoisotopic (exact) mass is 266 g/mol. The Labute approximate surface area is 115 Å². The first-order valence-electron chi connectivity index (χ1n) is 7.64. The minimum Gasteiger partial charge on any atom is -0.351 e. The number of carbonyl (C=O) groups is 2. The standard InChI is InChI=1S/C15H26N2O2/c1-3-12-6-4-5-11-17(12)14(19)8-10-15(2)9-7-13(18)16-15/h12H,3-11H2,1-2H3,(H,16,18)/t12-,15+/m1/s1.